The topological polar surface area (TPSA) is 62.7 Å². The fourth-order valence-corrected chi connectivity index (χ4v) is 2.36. The van der Waals surface area contributed by atoms with Gasteiger partial charge in [-0.1, -0.05) is 12.1 Å². The van der Waals surface area contributed by atoms with Crippen LogP contribution in [0.4, 0.5) is 5.69 Å². The summed E-state index contributed by atoms with van der Waals surface area (Å²) in [5.41, 5.74) is 4.47. The molecular formula is C15H16N4O. The molecule has 0 radical (unpaired) electrons. The van der Waals surface area contributed by atoms with Gasteiger partial charge >= 0.3 is 0 Å². The number of carbonyl (C=O) groups is 1. The number of anilines is 1. The molecule has 0 atom stereocenters. The van der Waals surface area contributed by atoms with Crippen molar-refractivity contribution in [3.05, 3.63) is 47.4 Å². The standard InChI is InChI=1S/C15H16N4O/c1-9-10(2)17-14-12(9)5-4-6-13(14)15(20)18-11-7-16-19(3)8-11/h4-8,17H,1-3H3,(H,18,20). The second kappa shape index (κ2) is 4.52. The third-order valence-corrected chi connectivity index (χ3v) is 3.55. The van der Waals surface area contributed by atoms with Crippen LogP contribution in [0, 0.1) is 13.8 Å². The van der Waals surface area contributed by atoms with Crippen LogP contribution >= 0.6 is 0 Å². The molecular weight excluding hydrogens is 252 g/mol. The SMILES string of the molecule is Cc1[nH]c2c(C(=O)Nc3cnn(C)c3)cccc2c1C. The van der Waals surface area contributed by atoms with E-state index in [-0.39, 0.29) is 5.91 Å². The lowest BCUT2D eigenvalue weighted by Crippen LogP contribution is -2.12. The highest BCUT2D eigenvalue weighted by atomic mass is 16.1. The molecule has 1 aromatic carbocycles. The number of nitrogens with one attached hydrogen (secondary N) is 2. The summed E-state index contributed by atoms with van der Waals surface area (Å²) in [6, 6.07) is 5.75. The van der Waals surface area contributed by atoms with Gasteiger partial charge in [-0.2, -0.15) is 5.10 Å². The molecule has 2 aromatic heterocycles. The van der Waals surface area contributed by atoms with Crippen LogP contribution in [-0.2, 0) is 7.05 Å². The second-order valence-electron chi connectivity index (χ2n) is 4.96. The molecule has 5 heteroatoms. The Morgan fingerprint density at radius 3 is 2.85 bits per heavy atom. The van der Waals surface area contributed by atoms with E-state index in [4.69, 9.17) is 0 Å². The Labute approximate surface area is 116 Å². The van der Waals surface area contributed by atoms with Crippen molar-refractivity contribution in [3.63, 3.8) is 0 Å². The molecule has 2 N–H and O–H groups in total. The molecule has 0 aliphatic heterocycles. The van der Waals surface area contributed by atoms with Crippen molar-refractivity contribution >= 4 is 22.5 Å². The summed E-state index contributed by atoms with van der Waals surface area (Å²) < 4.78 is 1.65. The van der Waals surface area contributed by atoms with E-state index in [9.17, 15) is 4.79 Å². The Kier molecular flexibility index (Phi) is 2.82. The maximum atomic E-state index is 12.4. The molecule has 0 bridgehead atoms. The van der Waals surface area contributed by atoms with E-state index >= 15 is 0 Å². The third kappa shape index (κ3) is 1.97. The van der Waals surface area contributed by atoms with Crippen molar-refractivity contribution in [2.45, 2.75) is 13.8 Å². The summed E-state index contributed by atoms with van der Waals surface area (Å²) in [4.78, 5) is 15.7. The number of fused-ring (bicyclic) bond motifs is 1. The zero-order valence-corrected chi connectivity index (χ0v) is 11.7. The highest BCUT2D eigenvalue weighted by Crippen LogP contribution is 2.24. The average molecular weight is 268 g/mol. The first-order chi connectivity index (χ1) is 9.56. The number of aromatic nitrogens is 3. The molecule has 2 heterocycles. The van der Waals surface area contributed by atoms with Gasteiger partial charge in [-0.25, -0.2) is 0 Å². The third-order valence-electron chi connectivity index (χ3n) is 3.55. The number of aromatic amines is 1. The van der Waals surface area contributed by atoms with Crippen LogP contribution in [0.3, 0.4) is 0 Å². The maximum absolute atomic E-state index is 12.4. The summed E-state index contributed by atoms with van der Waals surface area (Å²) in [5.74, 6) is -0.134. The second-order valence-corrected chi connectivity index (χ2v) is 4.96. The number of para-hydroxylation sites is 1. The van der Waals surface area contributed by atoms with E-state index in [1.165, 1.54) is 5.56 Å². The monoisotopic (exact) mass is 268 g/mol. The zero-order chi connectivity index (χ0) is 14.3. The van der Waals surface area contributed by atoms with Gasteiger partial charge in [-0.05, 0) is 25.5 Å². The molecule has 5 nitrogen and oxygen atoms in total. The van der Waals surface area contributed by atoms with Gasteiger partial charge < -0.3 is 10.3 Å². The quantitative estimate of drug-likeness (QED) is 0.750. The summed E-state index contributed by atoms with van der Waals surface area (Å²) in [7, 11) is 1.81. The Morgan fingerprint density at radius 1 is 1.35 bits per heavy atom. The van der Waals surface area contributed by atoms with Crippen molar-refractivity contribution in [1.29, 1.82) is 0 Å². The minimum Gasteiger partial charge on any atom is -0.358 e. The molecule has 0 aliphatic carbocycles. The number of rotatable bonds is 2. The van der Waals surface area contributed by atoms with Crippen molar-refractivity contribution < 1.29 is 4.79 Å². The van der Waals surface area contributed by atoms with E-state index < -0.39 is 0 Å². The van der Waals surface area contributed by atoms with Gasteiger partial charge in [0.25, 0.3) is 5.91 Å². The fraction of sp³-hybridized carbons (Fsp3) is 0.200. The predicted octanol–water partition coefficient (Wildman–Crippen LogP) is 2.77. The summed E-state index contributed by atoms with van der Waals surface area (Å²) >= 11 is 0. The smallest absolute Gasteiger partial charge is 0.257 e. The summed E-state index contributed by atoms with van der Waals surface area (Å²) in [6.45, 7) is 4.06. The molecule has 0 saturated heterocycles. The lowest BCUT2D eigenvalue weighted by atomic mass is 10.1. The minimum atomic E-state index is -0.134. The van der Waals surface area contributed by atoms with Crippen molar-refractivity contribution in [2.75, 3.05) is 5.32 Å². The van der Waals surface area contributed by atoms with E-state index in [1.807, 2.05) is 32.2 Å². The molecule has 0 aliphatic rings. The Balaban J connectivity index is 2.01. The van der Waals surface area contributed by atoms with Crippen molar-refractivity contribution in [1.82, 2.24) is 14.8 Å². The van der Waals surface area contributed by atoms with Crippen molar-refractivity contribution in [2.24, 2.45) is 7.05 Å². The first-order valence-electron chi connectivity index (χ1n) is 6.44. The first kappa shape index (κ1) is 12.5. The van der Waals surface area contributed by atoms with Crippen molar-refractivity contribution in [3.8, 4) is 0 Å². The van der Waals surface area contributed by atoms with Gasteiger partial charge in [0.05, 0.1) is 23.0 Å². The minimum absolute atomic E-state index is 0.134. The first-order valence-corrected chi connectivity index (χ1v) is 6.44. The average Bonchev–Trinajstić information content (AvgIpc) is 2.94. The summed E-state index contributed by atoms with van der Waals surface area (Å²) in [6.07, 6.45) is 3.40. The molecule has 20 heavy (non-hydrogen) atoms. The number of hydrogen-bond acceptors (Lipinski definition) is 2. The molecule has 0 spiro atoms. The number of benzene rings is 1. The van der Waals surface area contributed by atoms with Crippen LogP contribution in [0.2, 0.25) is 0 Å². The van der Waals surface area contributed by atoms with Gasteiger partial charge in [-0.15, -0.1) is 0 Å². The predicted molar refractivity (Wildman–Crippen MR) is 78.9 cm³/mol. The summed E-state index contributed by atoms with van der Waals surface area (Å²) in [5, 5.41) is 7.98. The van der Waals surface area contributed by atoms with E-state index in [0.29, 0.717) is 11.3 Å². The molecule has 0 fully saturated rings. The fourth-order valence-electron chi connectivity index (χ4n) is 2.36. The maximum Gasteiger partial charge on any atom is 0.257 e. The Morgan fingerprint density at radius 2 is 2.15 bits per heavy atom. The normalized spacial score (nSPS) is 10.9. The number of H-pyrrole nitrogens is 1. The number of hydrogen-bond donors (Lipinski definition) is 2. The van der Waals surface area contributed by atoms with Crippen LogP contribution in [0.5, 0.6) is 0 Å². The molecule has 0 unspecified atom stereocenters. The lowest BCUT2D eigenvalue weighted by Gasteiger charge is -2.04. The number of amides is 1. The van der Waals surface area contributed by atoms with E-state index in [2.05, 4.69) is 22.3 Å². The van der Waals surface area contributed by atoms with Gasteiger partial charge in [0.15, 0.2) is 0 Å². The molecule has 0 saturated carbocycles. The van der Waals surface area contributed by atoms with Crippen LogP contribution in [0.1, 0.15) is 21.6 Å². The highest BCUT2D eigenvalue weighted by molar-refractivity contribution is 6.12. The van der Waals surface area contributed by atoms with Crippen LogP contribution in [0.25, 0.3) is 10.9 Å². The Bertz CT molecular complexity index is 797. The molecule has 3 aromatic rings. The van der Waals surface area contributed by atoms with E-state index in [1.54, 1.807) is 17.1 Å². The lowest BCUT2D eigenvalue weighted by molar-refractivity contribution is 0.102. The highest BCUT2D eigenvalue weighted by Gasteiger charge is 2.14. The van der Waals surface area contributed by atoms with Gasteiger partial charge in [0.2, 0.25) is 0 Å². The number of nitrogens with zero attached hydrogens (tertiary/aromatic N) is 2. The largest absolute Gasteiger partial charge is 0.358 e. The molecule has 3 rings (SSSR count). The number of carbonyl (C=O) groups excluding carboxylic acids is 1. The molecule has 1 amide bonds. The van der Waals surface area contributed by atoms with Crippen LogP contribution < -0.4 is 5.32 Å². The number of aryl methyl sites for hydroxylation is 3. The van der Waals surface area contributed by atoms with Gasteiger partial charge in [0, 0.05) is 24.3 Å². The van der Waals surface area contributed by atoms with Gasteiger partial charge in [0.1, 0.15) is 0 Å². The Hall–Kier alpha value is -2.56. The van der Waals surface area contributed by atoms with Crippen LogP contribution in [0.15, 0.2) is 30.6 Å². The van der Waals surface area contributed by atoms with E-state index in [0.717, 1.165) is 16.6 Å². The zero-order valence-electron chi connectivity index (χ0n) is 11.7. The van der Waals surface area contributed by atoms with Gasteiger partial charge in [-0.3, -0.25) is 9.48 Å². The molecule has 102 valence electrons. The van der Waals surface area contributed by atoms with Crippen LogP contribution in [-0.4, -0.2) is 20.7 Å².